The van der Waals surface area contributed by atoms with Crippen LogP contribution in [0.4, 0.5) is 0 Å². The predicted molar refractivity (Wildman–Crippen MR) is 92.7 cm³/mol. The van der Waals surface area contributed by atoms with Crippen molar-refractivity contribution in [2.24, 2.45) is 0 Å². The lowest BCUT2D eigenvalue weighted by Crippen LogP contribution is -2.31. The van der Waals surface area contributed by atoms with E-state index < -0.39 is 0 Å². The minimum atomic E-state index is -0.311. The van der Waals surface area contributed by atoms with Crippen LogP contribution in [0.15, 0.2) is 59.8 Å². The summed E-state index contributed by atoms with van der Waals surface area (Å²) >= 11 is 1.22. The topological polar surface area (TPSA) is 70.5 Å². The van der Waals surface area contributed by atoms with Gasteiger partial charge in [0, 0.05) is 18.1 Å². The van der Waals surface area contributed by atoms with E-state index in [9.17, 15) is 9.59 Å². The molecule has 2 amide bonds. The van der Waals surface area contributed by atoms with Crippen LogP contribution in [-0.2, 0) is 16.1 Å². The number of carbonyl (C=O) groups is 2. The third kappa shape index (κ3) is 3.25. The van der Waals surface area contributed by atoms with Crippen LogP contribution in [0.2, 0.25) is 0 Å². The van der Waals surface area contributed by atoms with Crippen molar-refractivity contribution in [2.45, 2.75) is 6.54 Å². The second-order valence-electron chi connectivity index (χ2n) is 5.19. The maximum absolute atomic E-state index is 12.9. The SMILES string of the molecule is O=C1C(SCCO)=C(c2ccccc2)C(=O)N1Cc1ccncc1. The van der Waals surface area contributed by atoms with Crippen molar-refractivity contribution in [1.82, 2.24) is 9.88 Å². The summed E-state index contributed by atoms with van der Waals surface area (Å²) in [5.74, 6) is -0.245. The second kappa shape index (κ2) is 7.42. The Balaban J connectivity index is 1.95. The molecule has 0 spiro atoms. The van der Waals surface area contributed by atoms with Gasteiger partial charge in [0.25, 0.3) is 11.8 Å². The number of pyridine rings is 1. The van der Waals surface area contributed by atoms with E-state index in [1.165, 1.54) is 16.7 Å². The van der Waals surface area contributed by atoms with Crippen LogP contribution in [0.1, 0.15) is 11.1 Å². The number of hydrogen-bond acceptors (Lipinski definition) is 5. The highest BCUT2D eigenvalue weighted by Crippen LogP contribution is 2.36. The monoisotopic (exact) mass is 340 g/mol. The number of hydrogen-bond donors (Lipinski definition) is 1. The van der Waals surface area contributed by atoms with Gasteiger partial charge >= 0.3 is 0 Å². The van der Waals surface area contributed by atoms with Crippen molar-refractivity contribution < 1.29 is 14.7 Å². The average Bonchev–Trinajstić information content (AvgIpc) is 2.86. The number of imide groups is 1. The molecule has 0 aliphatic carbocycles. The molecule has 0 saturated heterocycles. The molecule has 5 nitrogen and oxygen atoms in total. The van der Waals surface area contributed by atoms with Crippen molar-refractivity contribution in [3.8, 4) is 0 Å². The maximum Gasteiger partial charge on any atom is 0.268 e. The van der Waals surface area contributed by atoms with E-state index in [0.717, 1.165) is 5.56 Å². The number of aliphatic hydroxyl groups excluding tert-OH is 1. The quantitative estimate of drug-likeness (QED) is 0.816. The zero-order chi connectivity index (χ0) is 16.9. The summed E-state index contributed by atoms with van der Waals surface area (Å²) in [7, 11) is 0. The van der Waals surface area contributed by atoms with Gasteiger partial charge in [0.1, 0.15) is 0 Å². The Morgan fingerprint density at radius 1 is 1.00 bits per heavy atom. The van der Waals surface area contributed by atoms with Crippen LogP contribution in [0.5, 0.6) is 0 Å². The molecule has 0 atom stereocenters. The van der Waals surface area contributed by atoms with Gasteiger partial charge in [-0.2, -0.15) is 0 Å². The van der Waals surface area contributed by atoms with Gasteiger partial charge < -0.3 is 5.11 Å². The Bertz CT molecular complexity index is 775. The third-order valence-electron chi connectivity index (χ3n) is 3.62. The molecule has 0 unspecified atom stereocenters. The molecule has 6 heteroatoms. The van der Waals surface area contributed by atoms with Crippen LogP contribution in [0, 0.1) is 0 Å². The Morgan fingerprint density at radius 3 is 2.38 bits per heavy atom. The fourth-order valence-electron chi connectivity index (χ4n) is 2.51. The lowest BCUT2D eigenvalue weighted by atomic mass is 10.1. The predicted octanol–water partition coefficient (Wildman–Crippen LogP) is 2.09. The Hall–Kier alpha value is -2.44. The fourth-order valence-corrected chi connectivity index (χ4v) is 3.39. The van der Waals surface area contributed by atoms with Gasteiger partial charge in [-0.05, 0) is 23.3 Å². The van der Waals surface area contributed by atoms with Crippen LogP contribution >= 0.6 is 11.8 Å². The molecule has 0 saturated carbocycles. The van der Waals surface area contributed by atoms with E-state index in [0.29, 0.717) is 21.8 Å². The Labute approximate surface area is 144 Å². The highest BCUT2D eigenvalue weighted by Gasteiger charge is 2.38. The van der Waals surface area contributed by atoms with Crippen LogP contribution < -0.4 is 0 Å². The number of aliphatic hydroxyl groups is 1. The van der Waals surface area contributed by atoms with Crippen molar-refractivity contribution in [1.29, 1.82) is 0 Å². The molecule has 1 aliphatic rings. The van der Waals surface area contributed by atoms with Gasteiger partial charge in [-0.1, -0.05) is 30.3 Å². The smallest absolute Gasteiger partial charge is 0.268 e. The van der Waals surface area contributed by atoms with Crippen LogP contribution in [0.25, 0.3) is 5.57 Å². The summed E-state index contributed by atoms with van der Waals surface area (Å²) in [6, 6.07) is 12.7. The van der Waals surface area contributed by atoms with Crippen molar-refractivity contribution in [3.63, 3.8) is 0 Å². The van der Waals surface area contributed by atoms with Gasteiger partial charge in [-0.25, -0.2) is 0 Å². The van der Waals surface area contributed by atoms with Gasteiger partial charge in [0.15, 0.2) is 0 Å². The first kappa shape index (κ1) is 16.4. The molecule has 0 fully saturated rings. The lowest BCUT2D eigenvalue weighted by molar-refractivity contribution is -0.137. The van der Waals surface area contributed by atoms with E-state index in [1.54, 1.807) is 24.5 Å². The molecule has 1 aromatic heterocycles. The summed E-state index contributed by atoms with van der Waals surface area (Å²) in [6.45, 7) is 0.155. The summed E-state index contributed by atoms with van der Waals surface area (Å²) in [6.07, 6.45) is 3.26. The normalized spacial score (nSPS) is 14.6. The van der Waals surface area contributed by atoms with E-state index in [-0.39, 0.29) is 25.0 Å². The van der Waals surface area contributed by atoms with E-state index >= 15 is 0 Å². The molecule has 0 bridgehead atoms. The lowest BCUT2D eigenvalue weighted by Gasteiger charge is -2.15. The van der Waals surface area contributed by atoms with Gasteiger partial charge in [0.05, 0.1) is 23.6 Å². The number of amides is 2. The molecule has 3 rings (SSSR count). The molecule has 0 radical (unpaired) electrons. The number of benzene rings is 1. The average molecular weight is 340 g/mol. The number of aromatic nitrogens is 1. The highest BCUT2D eigenvalue weighted by molar-refractivity contribution is 8.04. The molecular formula is C18H16N2O3S. The van der Waals surface area contributed by atoms with Crippen molar-refractivity contribution >= 4 is 29.1 Å². The van der Waals surface area contributed by atoms with Crippen molar-refractivity contribution in [2.75, 3.05) is 12.4 Å². The number of thioether (sulfide) groups is 1. The summed E-state index contributed by atoms with van der Waals surface area (Å²) < 4.78 is 0. The Kier molecular flexibility index (Phi) is 5.08. The minimum Gasteiger partial charge on any atom is -0.396 e. The van der Waals surface area contributed by atoms with Gasteiger partial charge in [-0.15, -0.1) is 11.8 Å². The molecule has 2 aromatic rings. The summed E-state index contributed by atoms with van der Waals surface area (Å²) in [5.41, 5.74) is 1.97. The molecule has 2 heterocycles. The second-order valence-corrected chi connectivity index (χ2v) is 6.30. The molecule has 1 aromatic carbocycles. The zero-order valence-corrected chi connectivity index (χ0v) is 13.7. The standard InChI is InChI=1S/C18H16N2O3S/c21-10-11-24-16-15(14-4-2-1-3-5-14)17(22)20(18(16)23)12-13-6-8-19-9-7-13/h1-9,21H,10-12H2. The molecule has 24 heavy (non-hydrogen) atoms. The van der Waals surface area contributed by atoms with Crippen molar-refractivity contribution in [3.05, 3.63) is 70.9 Å². The first-order valence-electron chi connectivity index (χ1n) is 7.51. The van der Waals surface area contributed by atoms with Crippen LogP contribution in [0.3, 0.4) is 0 Å². The molecule has 1 aliphatic heterocycles. The van der Waals surface area contributed by atoms with Gasteiger partial charge in [0.2, 0.25) is 0 Å². The van der Waals surface area contributed by atoms with E-state index in [1.807, 2.05) is 30.3 Å². The molecule has 122 valence electrons. The molecule has 1 N–H and O–H groups in total. The maximum atomic E-state index is 12.9. The first-order valence-corrected chi connectivity index (χ1v) is 8.49. The van der Waals surface area contributed by atoms with Gasteiger partial charge in [-0.3, -0.25) is 19.5 Å². The zero-order valence-electron chi connectivity index (χ0n) is 12.9. The molecular weight excluding hydrogens is 324 g/mol. The first-order chi connectivity index (χ1) is 11.7. The fraction of sp³-hybridized carbons (Fsp3) is 0.167. The Morgan fingerprint density at radius 2 is 1.71 bits per heavy atom. The third-order valence-corrected chi connectivity index (χ3v) is 4.67. The summed E-state index contributed by atoms with van der Waals surface area (Å²) in [5, 5.41) is 9.08. The largest absolute Gasteiger partial charge is 0.396 e. The summed E-state index contributed by atoms with van der Waals surface area (Å²) in [4.78, 5) is 31.2. The number of rotatable bonds is 6. The van der Waals surface area contributed by atoms with E-state index in [2.05, 4.69) is 4.98 Å². The van der Waals surface area contributed by atoms with E-state index in [4.69, 9.17) is 5.11 Å². The number of nitrogens with zero attached hydrogens (tertiary/aromatic N) is 2. The number of carbonyl (C=O) groups excluding carboxylic acids is 2. The minimum absolute atomic E-state index is 0.0535. The highest BCUT2D eigenvalue weighted by atomic mass is 32.2. The van der Waals surface area contributed by atoms with Crippen LogP contribution in [-0.4, -0.2) is 39.2 Å².